The lowest BCUT2D eigenvalue weighted by atomic mass is 10.2. The molecule has 98 valence electrons. The van der Waals surface area contributed by atoms with E-state index >= 15 is 0 Å². The molecule has 0 bridgehead atoms. The van der Waals surface area contributed by atoms with Crippen molar-refractivity contribution in [3.8, 4) is 0 Å². The van der Waals surface area contributed by atoms with Gasteiger partial charge >= 0.3 is 6.18 Å². The average Bonchev–Trinajstić information content (AvgIpc) is 2.19. The molecule has 0 aromatic heterocycles. The predicted molar refractivity (Wildman–Crippen MR) is 62.0 cm³/mol. The summed E-state index contributed by atoms with van der Waals surface area (Å²) in [6, 6.07) is 0. The first kappa shape index (κ1) is 16.1. The predicted octanol–water partition coefficient (Wildman–Crippen LogP) is 2.69. The first-order valence-electron chi connectivity index (χ1n) is 5.40. The summed E-state index contributed by atoms with van der Waals surface area (Å²) in [6.07, 6.45) is 1.30. The Morgan fingerprint density at radius 2 is 1.88 bits per heavy atom. The van der Waals surface area contributed by atoms with Crippen molar-refractivity contribution in [2.24, 2.45) is 0 Å². The molecule has 0 radical (unpaired) electrons. The molecule has 0 aliphatic rings. The van der Waals surface area contributed by atoms with Gasteiger partial charge in [-0.3, -0.25) is 0 Å². The maximum atomic E-state index is 11.7. The third-order valence-corrected chi connectivity index (χ3v) is 2.59. The van der Waals surface area contributed by atoms with Crippen molar-refractivity contribution in [2.45, 2.75) is 25.4 Å². The largest absolute Gasteiger partial charge is 0.411 e. The minimum absolute atomic E-state index is 0.115. The second kappa shape index (κ2) is 10.2. The number of hydrogen-bond acceptors (Lipinski definition) is 3. The Morgan fingerprint density at radius 3 is 2.50 bits per heavy atom. The molecule has 0 saturated carbocycles. The third kappa shape index (κ3) is 14.1. The fourth-order valence-corrected chi connectivity index (χ4v) is 1.62. The number of unbranched alkanes of at least 4 members (excludes halogenated alkanes) is 2. The van der Waals surface area contributed by atoms with Crippen LogP contribution < -0.4 is 5.32 Å². The molecule has 0 aliphatic heterocycles. The molecule has 0 spiro atoms. The van der Waals surface area contributed by atoms with Crippen LogP contribution in [0.25, 0.3) is 0 Å². The van der Waals surface area contributed by atoms with E-state index in [0.717, 1.165) is 19.4 Å². The number of alkyl halides is 3. The van der Waals surface area contributed by atoms with Gasteiger partial charge in [0.15, 0.2) is 0 Å². The van der Waals surface area contributed by atoms with Gasteiger partial charge in [0.1, 0.15) is 6.61 Å². The first-order chi connectivity index (χ1) is 7.56. The van der Waals surface area contributed by atoms with Crippen molar-refractivity contribution in [1.29, 1.82) is 0 Å². The van der Waals surface area contributed by atoms with Crippen molar-refractivity contribution >= 4 is 11.8 Å². The van der Waals surface area contributed by atoms with Crippen LogP contribution in [0.2, 0.25) is 0 Å². The summed E-state index contributed by atoms with van der Waals surface area (Å²) in [4.78, 5) is 0. The molecule has 0 aromatic rings. The lowest BCUT2D eigenvalue weighted by molar-refractivity contribution is -0.173. The number of rotatable bonds is 10. The quantitative estimate of drug-likeness (QED) is 0.609. The Bertz CT molecular complexity index is 155. The standard InChI is InChI=1S/C10H20F3NOS/c1-16-8-4-2-3-5-14-6-7-15-9-10(11,12)13/h14H,2-9H2,1H3. The van der Waals surface area contributed by atoms with Gasteiger partial charge in [-0.1, -0.05) is 6.42 Å². The summed E-state index contributed by atoms with van der Waals surface area (Å²) in [6.45, 7) is 0.301. The number of halogens is 3. The van der Waals surface area contributed by atoms with Crippen LogP contribution in [-0.2, 0) is 4.74 Å². The van der Waals surface area contributed by atoms with E-state index < -0.39 is 12.8 Å². The maximum absolute atomic E-state index is 11.7. The molecule has 0 saturated heterocycles. The lowest BCUT2D eigenvalue weighted by Gasteiger charge is -2.08. The molecule has 16 heavy (non-hydrogen) atoms. The highest BCUT2D eigenvalue weighted by atomic mass is 32.2. The van der Waals surface area contributed by atoms with E-state index in [9.17, 15) is 13.2 Å². The smallest absolute Gasteiger partial charge is 0.371 e. The summed E-state index contributed by atoms with van der Waals surface area (Å²) < 4.78 is 39.4. The Labute approximate surface area is 99.3 Å². The average molecular weight is 259 g/mol. The van der Waals surface area contributed by atoms with Gasteiger partial charge in [0.25, 0.3) is 0 Å². The Balaban J connectivity index is 2.99. The highest BCUT2D eigenvalue weighted by molar-refractivity contribution is 7.98. The van der Waals surface area contributed by atoms with Crippen molar-refractivity contribution in [2.75, 3.05) is 38.3 Å². The molecule has 0 amide bonds. The van der Waals surface area contributed by atoms with Crippen LogP contribution in [0.3, 0.4) is 0 Å². The van der Waals surface area contributed by atoms with Gasteiger partial charge in [-0.15, -0.1) is 0 Å². The second-order valence-electron chi connectivity index (χ2n) is 3.47. The number of thioether (sulfide) groups is 1. The fraction of sp³-hybridized carbons (Fsp3) is 1.00. The van der Waals surface area contributed by atoms with Crippen LogP contribution >= 0.6 is 11.8 Å². The highest BCUT2D eigenvalue weighted by Gasteiger charge is 2.27. The van der Waals surface area contributed by atoms with Crippen LogP contribution in [0.15, 0.2) is 0 Å². The van der Waals surface area contributed by atoms with Gasteiger partial charge in [-0.05, 0) is 31.4 Å². The monoisotopic (exact) mass is 259 g/mol. The Morgan fingerprint density at radius 1 is 1.12 bits per heavy atom. The van der Waals surface area contributed by atoms with E-state index in [-0.39, 0.29) is 6.61 Å². The van der Waals surface area contributed by atoms with E-state index in [1.807, 2.05) is 11.8 Å². The van der Waals surface area contributed by atoms with E-state index in [4.69, 9.17) is 0 Å². The fourth-order valence-electron chi connectivity index (χ4n) is 1.13. The molecule has 0 atom stereocenters. The van der Waals surface area contributed by atoms with Crippen LogP contribution in [0.1, 0.15) is 19.3 Å². The molecule has 0 heterocycles. The zero-order chi connectivity index (χ0) is 12.3. The third-order valence-electron chi connectivity index (χ3n) is 1.89. The molecule has 0 fully saturated rings. The van der Waals surface area contributed by atoms with E-state index in [2.05, 4.69) is 16.3 Å². The first-order valence-corrected chi connectivity index (χ1v) is 6.80. The molecule has 6 heteroatoms. The number of hydrogen-bond donors (Lipinski definition) is 1. The normalized spacial score (nSPS) is 12.0. The van der Waals surface area contributed by atoms with Crippen molar-refractivity contribution in [3.05, 3.63) is 0 Å². The summed E-state index contributed by atoms with van der Waals surface area (Å²) in [5.41, 5.74) is 0. The van der Waals surface area contributed by atoms with Crippen molar-refractivity contribution < 1.29 is 17.9 Å². The summed E-state index contributed by atoms with van der Waals surface area (Å²) in [7, 11) is 0. The van der Waals surface area contributed by atoms with Crippen LogP contribution in [-0.4, -0.2) is 44.5 Å². The zero-order valence-electron chi connectivity index (χ0n) is 9.61. The molecule has 2 nitrogen and oxygen atoms in total. The lowest BCUT2D eigenvalue weighted by Crippen LogP contribution is -2.24. The maximum Gasteiger partial charge on any atom is 0.411 e. The van der Waals surface area contributed by atoms with Crippen molar-refractivity contribution in [3.63, 3.8) is 0 Å². The summed E-state index contributed by atoms with van der Waals surface area (Å²) in [5.74, 6) is 1.18. The SMILES string of the molecule is CSCCCCCNCCOCC(F)(F)F. The minimum Gasteiger partial charge on any atom is -0.371 e. The summed E-state index contributed by atoms with van der Waals surface area (Å²) in [5, 5.41) is 3.05. The van der Waals surface area contributed by atoms with Crippen LogP contribution in [0, 0.1) is 0 Å². The Hall–Kier alpha value is 0.0600. The molecule has 0 aliphatic carbocycles. The Kier molecular flexibility index (Phi) is 10.3. The number of nitrogens with one attached hydrogen (secondary N) is 1. The molecule has 0 rings (SSSR count). The van der Waals surface area contributed by atoms with Gasteiger partial charge < -0.3 is 10.1 Å². The highest BCUT2D eigenvalue weighted by Crippen LogP contribution is 2.13. The summed E-state index contributed by atoms with van der Waals surface area (Å²) >= 11 is 1.83. The molecular formula is C10H20F3NOS. The topological polar surface area (TPSA) is 21.3 Å². The van der Waals surface area contributed by atoms with Gasteiger partial charge in [-0.2, -0.15) is 24.9 Å². The van der Waals surface area contributed by atoms with Gasteiger partial charge in [0, 0.05) is 6.54 Å². The minimum atomic E-state index is -4.21. The van der Waals surface area contributed by atoms with E-state index in [1.165, 1.54) is 12.2 Å². The van der Waals surface area contributed by atoms with Crippen LogP contribution in [0.4, 0.5) is 13.2 Å². The van der Waals surface area contributed by atoms with E-state index in [0.29, 0.717) is 6.54 Å². The molecular weight excluding hydrogens is 239 g/mol. The number of ether oxygens (including phenoxy) is 1. The second-order valence-corrected chi connectivity index (χ2v) is 4.46. The van der Waals surface area contributed by atoms with E-state index in [1.54, 1.807) is 0 Å². The molecule has 0 unspecified atom stereocenters. The van der Waals surface area contributed by atoms with Crippen LogP contribution in [0.5, 0.6) is 0 Å². The van der Waals surface area contributed by atoms with Gasteiger partial charge in [-0.25, -0.2) is 0 Å². The molecule has 1 N–H and O–H groups in total. The molecule has 0 aromatic carbocycles. The van der Waals surface area contributed by atoms with Crippen molar-refractivity contribution in [1.82, 2.24) is 5.32 Å². The zero-order valence-corrected chi connectivity index (χ0v) is 10.4. The van der Waals surface area contributed by atoms with Gasteiger partial charge in [0.05, 0.1) is 6.61 Å². The van der Waals surface area contributed by atoms with Gasteiger partial charge in [0.2, 0.25) is 0 Å².